The van der Waals surface area contributed by atoms with E-state index in [1.807, 2.05) is 25.1 Å². The number of fused-ring (bicyclic) bond motifs is 3. The summed E-state index contributed by atoms with van der Waals surface area (Å²) >= 11 is 0. The van der Waals surface area contributed by atoms with Crippen LogP contribution >= 0.6 is 0 Å². The molecule has 0 saturated carbocycles. The minimum Gasteiger partial charge on any atom is -0.453 e. The number of halogens is 4. The van der Waals surface area contributed by atoms with Crippen LogP contribution < -0.4 is 20.1 Å². The molecule has 0 fully saturated rings. The number of carbonyl (C=O) groups is 2. The molecule has 0 radical (unpaired) electrons. The largest absolute Gasteiger partial charge is 0.453 e. The highest BCUT2D eigenvalue weighted by Gasteiger charge is 2.40. The Hall–Kier alpha value is -4.08. The molecule has 6 nitrogen and oxygen atoms in total. The van der Waals surface area contributed by atoms with Crippen LogP contribution in [0.15, 0.2) is 48.5 Å². The van der Waals surface area contributed by atoms with E-state index in [-0.39, 0.29) is 29.5 Å². The van der Waals surface area contributed by atoms with Crippen LogP contribution in [0.5, 0.6) is 11.5 Å². The molecule has 0 saturated heterocycles. The normalized spacial score (nSPS) is 16.3. The molecule has 10 heteroatoms. The zero-order valence-corrected chi connectivity index (χ0v) is 17.5. The van der Waals surface area contributed by atoms with Gasteiger partial charge in [0.05, 0.1) is 22.9 Å². The van der Waals surface area contributed by atoms with Gasteiger partial charge in [0.15, 0.2) is 11.5 Å². The lowest BCUT2D eigenvalue weighted by molar-refractivity contribution is -0.137. The van der Waals surface area contributed by atoms with Gasteiger partial charge < -0.3 is 20.1 Å². The maximum absolute atomic E-state index is 13.9. The monoisotopic (exact) mass is 472 g/mol. The SMILES string of the molecule is Cc1ccccc1C1NC(=O)c2c3c(cc(NC(=O)c4cc(F)cc(C(F)(F)F)c4)c21)OCO3. The van der Waals surface area contributed by atoms with E-state index < -0.39 is 41.0 Å². The Labute approximate surface area is 190 Å². The van der Waals surface area contributed by atoms with Crippen LogP contribution in [0, 0.1) is 12.7 Å². The fourth-order valence-corrected chi connectivity index (χ4v) is 4.18. The Bertz CT molecular complexity index is 1350. The lowest BCUT2D eigenvalue weighted by atomic mass is 9.93. The molecule has 2 amide bonds. The fourth-order valence-electron chi connectivity index (χ4n) is 4.18. The summed E-state index contributed by atoms with van der Waals surface area (Å²) in [4.78, 5) is 25.8. The molecule has 1 atom stereocenters. The van der Waals surface area contributed by atoms with Crippen LogP contribution in [-0.4, -0.2) is 18.6 Å². The van der Waals surface area contributed by atoms with Gasteiger partial charge in [0, 0.05) is 17.2 Å². The number of anilines is 1. The Kier molecular flexibility index (Phi) is 4.96. The molecular weight excluding hydrogens is 456 g/mol. The summed E-state index contributed by atoms with van der Waals surface area (Å²) < 4.78 is 64.1. The maximum atomic E-state index is 13.9. The second kappa shape index (κ2) is 7.75. The molecule has 34 heavy (non-hydrogen) atoms. The summed E-state index contributed by atoms with van der Waals surface area (Å²) in [5, 5.41) is 5.40. The first-order valence-electron chi connectivity index (χ1n) is 10.2. The highest BCUT2D eigenvalue weighted by molar-refractivity contribution is 6.09. The standard InChI is InChI=1S/C24H16F4N2O4/c1-11-4-2-3-5-15(11)20-18-16(9-17-21(34-10-33-17)19(18)23(32)30-20)29-22(31)12-6-13(24(26,27)28)8-14(25)7-12/h2-9,20H,10H2,1H3,(H,29,31)(H,30,32). The predicted molar refractivity (Wildman–Crippen MR) is 112 cm³/mol. The molecule has 2 aliphatic heterocycles. The number of aryl methyl sites for hydroxylation is 1. The van der Waals surface area contributed by atoms with E-state index in [4.69, 9.17) is 9.47 Å². The number of amides is 2. The highest BCUT2D eigenvalue weighted by Crippen LogP contribution is 2.48. The van der Waals surface area contributed by atoms with Gasteiger partial charge in [0.25, 0.3) is 11.8 Å². The van der Waals surface area contributed by atoms with E-state index >= 15 is 0 Å². The fraction of sp³-hybridized carbons (Fsp3) is 0.167. The van der Waals surface area contributed by atoms with Gasteiger partial charge in [0.2, 0.25) is 6.79 Å². The lowest BCUT2D eigenvalue weighted by Gasteiger charge is -2.19. The average molecular weight is 472 g/mol. The van der Waals surface area contributed by atoms with Crippen molar-refractivity contribution in [1.82, 2.24) is 5.32 Å². The van der Waals surface area contributed by atoms with Gasteiger partial charge in [-0.1, -0.05) is 24.3 Å². The second-order valence-corrected chi connectivity index (χ2v) is 7.89. The summed E-state index contributed by atoms with van der Waals surface area (Å²) in [7, 11) is 0. The third kappa shape index (κ3) is 3.60. The smallest absolute Gasteiger partial charge is 0.416 e. The van der Waals surface area contributed by atoms with E-state index in [0.29, 0.717) is 23.8 Å². The maximum Gasteiger partial charge on any atom is 0.416 e. The molecule has 0 spiro atoms. The molecule has 2 heterocycles. The van der Waals surface area contributed by atoms with Gasteiger partial charge in [-0.15, -0.1) is 0 Å². The molecule has 0 aliphatic carbocycles. The lowest BCUT2D eigenvalue weighted by Crippen LogP contribution is -2.21. The van der Waals surface area contributed by atoms with Crippen molar-refractivity contribution in [3.05, 3.63) is 87.7 Å². The van der Waals surface area contributed by atoms with Crippen molar-refractivity contribution in [2.75, 3.05) is 12.1 Å². The van der Waals surface area contributed by atoms with Crippen LogP contribution in [0.25, 0.3) is 0 Å². The van der Waals surface area contributed by atoms with Gasteiger partial charge in [0.1, 0.15) is 5.82 Å². The molecule has 1 unspecified atom stereocenters. The molecule has 0 aromatic heterocycles. The van der Waals surface area contributed by atoms with E-state index in [9.17, 15) is 27.2 Å². The highest BCUT2D eigenvalue weighted by atomic mass is 19.4. The van der Waals surface area contributed by atoms with Gasteiger partial charge in [-0.2, -0.15) is 13.2 Å². The van der Waals surface area contributed by atoms with E-state index in [2.05, 4.69) is 10.6 Å². The molecular formula is C24H16F4N2O4. The van der Waals surface area contributed by atoms with Gasteiger partial charge >= 0.3 is 6.18 Å². The first kappa shape index (κ1) is 21.7. The number of hydrogen-bond donors (Lipinski definition) is 2. The van der Waals surface area contributed by atoms with Crippen molar-refractivity contribution in [2.45, 2.75) is 19.1 Å². The summed E-state index contributed by atoms with van der Waals surface area (Å²) in [6.45, 7) is 1.72. The number of hydrogen-bond acceptors (Lipinski definition) is 4. The molecule has 2 aliphatic rings. The Morgan fingerprint density at radius 3 is 2.62 bits per heavy atom. The van der Waals surface area contributed by atoms with E-state index in [1.165, 1.54) is 6.07 Å². The van der Waals surface area contributed by atoms with E-state index in [1.54, 1.807) is 6.07 Å². The Morgan fingerprint density at radius 2 is 1.88 bits per heavy atom. The van der Waals surface area contributed by atoms with Crippen molar-refractivity contribution < 1.29 is 36.6 Å². The third-order valence-electron chi connectivity index (χ3n) is 5.73. The molecule has 0 bridgehead atoms. The number of nitrogens with one attached hydrogen (secondary N) is 2. The summed E-state index contributed by atoms with van der Waals surface area (Å²) in [6, 6.07) is 9.66. The van der Waals surface area contributed by atoms with Crippen LogP contribution in [0.3, 0.4) is 0 Å². The second-order valence-electron chi connectivity index (χ2n) is 7.89. The average Bonchev–Trinajstić information content (AvgIpc) is 3.37. The van der Waals surface area contributed by atoms with Gasteiger partial charge in [-0.3, -0.25) is 9.59 Å². The number of carbonyl (C=O) groups excluding carboxylic acids is 2. The van der Waals surface area contributed by atoms with Crippen molar-refractivity contribution in [3.8, 4) is 11.5 Å². The summed E-state index contributed by atoms with van der Waals surface area (Å²) in [5.74, 6) is -2.22. The minimum atomic E-state index is -4.83. The molecule has 5 rings (SSSR count). The minimum absolute atomic E-state index is 0.133. The molecule has 3 aromatic carbocycles. The van der Waals surface area contributed by atoms with Crippen LogP contribution in [0.4, 0.5) is 23.2 Å². The first-order chi connectivity index (χ1) is 16.1. The van der Waals surface area contributed by atoms with Crippen LogP contribution in [-0.2, 0) is 6.18 Å². The number of benzene rings is 3. The quantitative estimate of drug-likeness (QED) is 0.528. The van der Waals surface area contributed by atoms with Crippen molar-refractivity contribution in [1.29, 1.82) is 0 Å². The van der Waals surface area contributed by atoms with Crippen molar-refractivity contribution in [3.63, 3.8) is 0 Å². The Balaban J connectivity index is 1.61. The molecule has 2 N–H and O–H groups in total. The van der Waals surface area contributed by atoms with Gasteiger partial charge in [-0.05, 0) is 36.2 Å². The zero-order valence-electron chi connectivity index (χ0n) is 17.5. The summed E-state index contributed by atoms with van der Waals surface area (Å²) in [5.41, 5.74) is 0.489. The number of alkyl halides is 3. The topological polar surface area (TPSA) is 76.7 Å². The molecule has 174 valence electrons. The molecule has 3 aromatic rings. The van der Waals surface area contributed by atoms with E-state index in [0.717, 1.165) is 11.1 Å². The van der Waals surface area contributed by atoms with Gasteiger partial charge in [-0.25, -0.2) is 4.39 Å². The summed E-state index contributed by atoms with van der Waals surface area (Å²) in [6.07, 6.45) is -4.83. The van der Waals surface area contributed by atoms with Crippen molar-refractivity contribution in [2.24, 2.45) is 0 Å². The predicted octanol–water partition coefficient (Wildman–Crippen LogP) is 4.97. The number of ether oxygens (including phenoxy) is 2. The van der Waals surface area contributed by atoms with Crippen LogP contribution in [0.1, 0.15) is 49.0 Å². The third-order valence-corrected chi connectivity index (χ3v) is 5.73. The van der Waals surface area contributed by atoms with Crippen molar-refractivity contribution >= 4 is 17.5 Å². The Morgan fingerprint density at radius 1 is 1.12 bits per heavy atom. The van der Waals surface area contributed by atoms with Crippen LogP contribution in [0.2, 0.25) is 0 Å². The first-order valence-corrected chi connectivity index (χ1v) is 10.2. The zero-order chi connectivity index (χ0) is 24.2. The number of rotatable bonds is 3.